The minimum Gasteiger partial charge on any atom is -0.456 e. The van der Waals surface area contributed by atoms with E-state index < -0.39 is 16.6 Å². The summed E-state index contributed by atoms with van der Waals surface area (Å²) in [7, 11) is -2.50. The van der Waals surface area contributed by atoms with Crippen LogP contribution >= 0.6 is 0 Å². The van der Waals surface area contributed by atoms with Crippen molar-refractivity contribution in [2.45, 2.75) is 51.1 Å². The standard InChI is InChI=1S/C8H20OSi2/c1-10(2,3)9-11(4,5)8-6-7-8/h8H,6-7H2,1-5H3. The quantitative estimate of drug-likeness (QED) is 0.618. The second-order valence-corrected chi connectivity index (χ2v) is 14.2. The van der Waals surface area contributed by atoms with E-state index in [-0.39, 0.29) is 0 Å². The second-order valence-electron chi connectivity index (χ2n) is 5.09. The molecule has 1 fully saturated rings. The lowest BCUT2D eigenvalue weighted by Gasteiger charge is -2.31. The highest BCUT2D eigenvalue weighted by molar-refractivity contribution is 6.85. The maximum atomic E-state index is 6.23. The highest BCUT2D eigenvalue weighted by Crippen LogP contribution is 2.46. The molecule has 1 aliphatic rings. The third kappa shape index (κ3) is 3.09. The maximum absolute atomic E-state index is 6.23. The van der Waals surface area contributed by atoms with Crippen molar-refractivity contribution in [3.63, 3.8) is 0 Å². The predicted molar refractivity (Wildman–Crippen MR) is 54.9 cm³/mol. The smallest absolute Gasteiger partial charge is 0.176 e. The van der Waals surface area contributed by atoms with E-state index in [2.05, 4.69) is 32.7 Å². The minimum absolute atomic E-state index is 0.981. The Bertz CT molecular complexity index is 145. The highest BCUT2D eigenvalue weighted by atomic mass is 28.4. The molecule has 0 spiro atoms. The summed E-state index contributed by atoms with van der Waals surface area (Å²) in [6, 6.07) is 0. The minimum atomic E-state index is -1.25. The first-order chi connectivity index (χ1) is 4.81. The van der Waals surface area contributed by atoms with E-state index in [1.54, 1.807) is 0 Å². The molecule has 1 nitrogen and oxygen atoms in total. The molecule has 0 aromatic heterocycles. The molecule has 0 bridgehead atoms. The van der Waals surface area contributed by atoms with Crippen LogP contribution in [0.2, 0.25) is 38.3 Å². The summed E-state index contributed by atoms with van der Waals surface area (Å²) < 4.78 is 6.23. The molecule has 0 N–H and O–H groups in total. The van der Waals surface area contributed by atoms with Crippen molar-refractivity contribution < 1.29 is 4.12 Å². The number of rotatable bonds is 3. The molecule has 3 heteroatoms. The SMILES string of the molecule is C[Si](C)(C)O[Si](C)(C)C1CC1. The first-order valence-corrected chi connectivity index (χ1v) is 10.9. The van der Waals surface area contributed by atoms with Crippen LogP contribution in [0.15, 0.2) is 0 Å². The van der Waals surface area contributed by atoms with E-state index >= 15 is 0 Å². The molecule has 1 saturated carbocycles. The zero-order valence-corrected chi connectivity index (χ0v) is 10.4. The summed E-state index contributed by atoms with van der Waals surface area (Å²) in [6.07, 6.45) is 2.87. The lowest BCUT2D eigenvalue weighted by atomic mass is 11.0. The fourth-order valence-electron chi connectivity index (χ4n) is 1.65. The third-order valence-corrected chi connectivity index (χ3v) is 9.23. The molecule has 0 aromatic rings. The molecule has 1 rings (SSSR count). The lowest BCUT2D eigenvalue weighted by Crippen LogP contribution is -2.42. The summed E-state index contributed by atoms with van der Waals surface area (Å²) in [5.41, 5.74) is 0.981. The molecule has 0 aromatic carbocycles. The molecule has 0 atom stereocenters. The molecular formula is C8H20OSi2. The summed E-state index contributed by atoms with van der Waals surface area (Å²) in [5, 5.41) is 0. The van der Waals surface area contributed by atoms with Gasteiger partial charge in [0.25, 0.3) is 0 Å². The van der Waals surface area contributed by atoms with Crippen molar-refractivity contribution in [1.29, 1.82) is 0 Å². The molecular weight excluding hydrogens is 168 g/mol. The van der Waals surface area contributed by atoms with Gasteiger partial charge in [-0.15, -0.1) is 0 Å². The van der Waals surface area contributed by atoms with Crippen LogP contribution in [0.3, 0.4) is 0 Å². The van der Waals surface area contributed by atoms with Gasteiger partial charge in [0.15, 0.2) is 16.6 Å². The second kappa shape index (κ2) is 2.71. The average Bonchev–Trinajstić information content (AvgIpc) is 2.30. The molecule has 0 aliphatic heterocycles. The average molecular weight is 188 g/mol. The number of hydrogen-bond donors (Lipinski definition) is 0. The topological polar surface area (TPSA) is 9.23 Å². The Labute approximate surface area is 72.4 Å². The Kier molecular flexibility index (Phi) is 2.34. The van der Waals surface area contributed by atoms with E-state index in [0.29, 0.717) is 0 Å². The highest BCUT2D eigenvalue weighted by Gasteiger charge is 2.43. The van der Waals surface area contributed by atoms with Gasteiger partial charge in [-0.1, -0.05) is 12.8 Å². The zero-order valence-electron chi connectivity index (χ0n) is 8.40. The third-order valence-electron chi connectivity index (χ3n) is 2.13. The molecule has 66 valence electrons. The van der Waals surface area contributed by atoms with Crippen molar-refractivity contribution >= 4 is 16.6 Å². The Morgan fingerprint density at radius 2 is 1.45 bits per heavy atom. The van der Waals surface area contributed by atoms with Gasteiger partial charge in [0.1, 0.15) is 0 Å². The van der Waals surface area contributed by atoms with Crippen LogP contribution < -0.4 is 0 Å². The predicted octanol–water partition coefficient (Wildman–Crippen LogP) is 3.21. The van der Waals surface area contributed by atoms with Crippen LogP contribution in [0.5, 0.6) is 0 Å². The zero-order chi connectivity index (χ0) is 8.70. The number of hydrogen-bond acceptors (Lipinski definition) is 1. The van der Waals surface area contributed by atoms with Gasteiger partial charge < -0.3 is 4.12 Å². The Balaban J connectivity index is 2.45. The van der Waals surface area contributed by atoms with Crippen LogP contribution in [0.4, 0.5) is 0 Å². The Morgan fingerprint density at radius 3 is 1.73 bits per heavy atom. The van der Waals surface area contributed by atoms with E-state index in [4.69, 9.17) is 4.12 Å². The fourth-order valence-corrected chi connectivity index (χ4v) is 10.2. The summed E-state index contributed by atoms with van der Waals surface area (Å²) >= 11 is 0. The first kappa shape index (κ1) is 9.48. The Hall–Kier alpha value is 0.394. The molecule has 0 amide bonds. The Morgan fingerprint density at radius 1 is 1.00 bits per heavy atom. The van der Waals surface area contributed by atoms with Gasteiger partial charge in [-0.25, -0.2) is 0 Å². The van der Waals surface area contributed by atoms with Crippen molar-refractivity contribution in [2.75, 3.05) is 0 Å². The lowest BCUT2D eigenvalue weighted by molar-refractivity contribution is 0.546. The van der Waals surface area contributed by atoms with Crippen LogP contribution in [0.25, 0.3) is 0 Å². The fraction of sp³-hybridized carbons (Fsp3) is 1.00. The van der Waals surface area contributed by atoms with E-state index in [9.17, 15) is 0 Å². The normalized spacial score (nSPS) is 20.5. The first-order valence-electron chi connectivity index (χ1n) is 4.51. The van der Waals surface area contributed by atoms with Crippen molar-refractivity contribution in [3.8, 4) is 0 Å². The largest absolute Gasteiger partial charge is 0.456 e. The van der Waals surface area contributed by atoms with E-state index in [0.717, 1.165) is 5.54 Å². The summed E-state index contributed by atoms with van der Waals surface area (Å²) in [5.74, 6) is 0. The van der Waals surface area contributed by atoms with Crippen LogP contribution in [0.1, 0.15) is 12.8 Å². The molecule has 0 saturated heterocycles. The maximum Gasteiger partial charge on any atom is 0.176 e. The van der Waals surface area contributed by atoms with Gasteiger partial charge in [0.2, 0.25) is 0 Å². The molecule has 0 radical (unpaired) electrons. The van der Waals surface area contributed by atoms with Crippen molar-refractivity contribution in [1.82, 2.24) is 0 Å². The van der Waals surface area contributed by atoms with Gasteiger partial charge in [-0.05, 0) is 38.3 Å². The van der Waals surface area contributed by atoms with Crippen molar-refractivity contribution in [2.24, 2.45) is 0 Å². The van der Waals surface area contributed by atoms with E-state index in [1.807, 2.05) is 0 Å². The van der Waals surface area contributed by atoms with Crippen LogP contribution in [-0.4, -0.2) is 16.6 Å². The summed E-state index contributed by atoms with van der Waals surface area (Å²) in [4.78, 5) is 0. The van der Waals surface area contributed by atoms with E-state index in [1.165, 1.54) is 12.8 Å². The van der Waals surface area contributed by atoms with Gasteiger partial charge in [0.05, 0.1) is 0 Å². The van der Waals surface area contributed by atoms with Crippen LogP contribution in [0, 0.1) is 0 Å². The van der Waals surface area contributed by atoms with Gasteiger partial charge in [-0.2, -0.15) is 0 Å². The van der Waals surface area contributed by atoms with Gasteiger partial charge >= 0.3 is 0 Å². The van der Waals surface area contributed by atoms with Gasteiger partial charge in [0, 0.05) is 0 Å². The summed E-state index contributed by atoms with van der Waals surface area (Å²) in [6.45, 7) is 11.6. The van der Waals surface area contributed by atoms with Crippen molar-refractivity contribution in [3.05, 3.63) is 0 Å². The molecule has 11 heavy (non-hydrogen) atoms. The monoisotopic (exact) mass is 188 g/mol. The molecule has 0 heterocycles. The molecule has 0 unspecified atom stereocenters. The van der Waals surface area contributed by atoms with Gasteiger partial charge in [-0.3, -0.25) is 0 Å². The van der Waals surface area contributed by atoms with Crippen LogP contribution in [-0.2, 0) is 4.12 Å². The molecule has 1 aliphatic carbocycles.